The summed E-state index contributed by atoms with van der Waals surface area (Å²) in [5, 5.41) is 23.4. The Morgan fingerprint density at radius 1 is 1.24 bits per heavy atom. The van der Waals surface area contributed by atoms with Gasteiger partial charge in [0.2, 0.25) is 5.88 Å². The minimum Gasteiger partial charge on any atom is -0.489 e. The molecule has 0 unspecified atom stereocenters. The number of carbonyl (C=O) groups excluding carboxylic acids is 2. The normalized spacial score (nSPS) is 12.4. The number of aromatic nitrogens is 1. The van der Waals surface area contributed by atoms with Crippen LogP contribution in [0.3, 0.4) is 0 Å². The number of nitriles is 1. The number of amides is 1. The average molecular weight is 466 g/mol. The van der Waals surface area contributed by atoms with E-state index < -0.39 is 29.1 Å². The Kier molecular flexibility index (Phi) is 6.18. The lowest BCUT2D eigenvalue weighted by atomic mass is 10.1. The van der Waals surface area contributed by atoms with Gasteiger partial charge in [-0.05, 0) is 19.1 Å². The number of benzene rings is 1. The van der Waals surface area contributed by atoms with Crippen LogP contribution in [-0.2, 0) is 9.53 Å². The number of ether oxygens (including phenoxy) is 3. The Hall–Kier alpha value is -4.79. The quantitative estimate of drug-likeness (QED) is 0.327. The number of anilines is 1. The van der Waals surface area contributed by atoms with Crippen molar-refractivity contribution in [2.45, 2.75) is 13.3 Å². The highest BCUT2D eigenvalue weighted by Gasteiger charge is 2.27. The lowest BCUT2D eigenvalue weighted by molar-refractivity contribution is -0.384. The third-order valence-corrected chi connectivity index (χ3v) is 4.89. The molecule has 0 atom stereocenters. The molecule has 12 heteroatoms. The maximum atomic E-state index is 12.6. The first-order chi connectivity index (χ1) is 16.4. The first-order valence-electron chi connectivity index (χ1n) is 10.1. The number of esters is 1. The van der Waals surface area contributed by atoms with Gasteiger partial charge in [0.25, 0.3) is 11.6 Å². The van der Waals surface area contributed by atoms with Crippen molar-refractivity contribution in [2.75, 3.05) is 25.1 Å². The predicted octanol–water partition coefficient (Wildman–Crippen LogP) is 3.12. The van der Waals surface area contributed by atoms with Crippen LogP contribution in [0, 0.1) is 28.4 Å². The fraction of sp³-hybridized carbons (Fsp3) is 0.227. The zero-order valence-corrected chi connectivity index (χ0v) is 17.9. The monoisotopic (exact) mass is 466 g/mol. The van der Waals surface area contributed by atoms with Crippen molar-refractivity contribution >= 4 is 23.3 Å². The third kappa shape index (κ3) is 4.40. The highest BCUT2D eigenvalue weighted by molar-refractivity contribution is 5.98. The fourth-order valence-corrected chi connectivity index (χ4v) is 3.37. The number of nitro groups is 1. The highest BCUT2D eigenvalue weighted by Crippen LogP contribution is 2.39. The summed E-state index contributed by atoms with van der Waals surface area (Å²) in [6.07, 6.45) is 3.89. The van der Waals surface area contributed by atoms with E-state index in [1.807, 2.05) is 6.07 Å². The van der Waals surface area contributed by atoms with Gasteiger partial charge >= 0.3 is 5.97 Å². The van der Waals surface area contributed by atoms with Crippen molar-refractivity contribution in [1.82, 2.24) is 4.57 Å². The number of rotatable bonds is 6. The largest absolute Gasteiger partial charge is 0.489 e. The SMILES string of the molecule is Cc1oc(-n2cccc2)c(C#N)c1C(=O)OCC(=O)Nc1cc2c(cc1[N+](=O)[O-])OCCCO2. The van der Waals surface area contributed by atoms with Crippen molar-refractivity contribution in [1.29, 1.82) is 5.26 Å². The van der Waals surface area contributed by atoms with Gasteiger partial charge in [-0.1, -0.05) is 0 Å². The second kappa shape index (κ2) is 9.37. The molecular weight excluding hydrogens is 448 g/mol. The fourth-order valence-electron chi connectivity index (χ4n) is 3.37. The molecule has 1 aromatic carbocycles. The van der Waals surface area contributed by atoms with Crippen LogP contribution >= 0.6 is 0 Å². The molecule has 0 saturated heterocycles. The maximum absolute atomic E-state index is 12.6. The lowest BCUT2D eigenvalue weighted by Crippen LogP contribution is -2.22. The Morgan fingerprint density at radius 2 is 1.91 bits per heavy atom. The molecule has 4 rings (SSSR count). The van der Waals surface area contributed by atoms with Crippen LogP contribution in [0.5, 0.6) is 11.5 Å². The van der Waals surface area contributed by atoms with Crippen LogP contribution in [0.1, 0.15) is 28.1 Å². The maximum Gasteiger partial charge on any atom is 0.343 e. The van der Waals surface area contributed by atoms with Crippen LogP contribution in [0.25, 0.3) is 5.88 Å². The summed E-state index contributed by atoms with van der Waals surface area (Å²) < 4.78 is 23.1. The van der Waals surface area contributed by atoms with Gasteiger partial charge in [-0.15, -0.1) is 0 Å². The Labute approximate surface area is 192 Å². The first-order valence-corrected chi connectivity index (χ1v) is 10.1. The van der Waals surface area contributed by atoms with E-state index >= 15 is 0 Å². The zero-order valence-electron chi connectivity index (χ0n) is 17.9. The molecule has 1 aliphatic rings. The lowest BCUT2D eigenvalue weighted by Gasteiger charge is -2.11. The van der Waals surface area contributed by atoms with Gasteiger partial charge in [0, 0.05) is 24.9 Å². The van der Waals surface area contributed by atoms with Crippen LogP contribution in [-0.4, -0.2) is 41.2 Å². The van der Waals surface area contributed by atoms with Gasteiger partial charge < -0.3 is 23.9 Å². The molecule has 174 valence electrons. The van der Waals surface area contributed by atoms with Crippen molar-refractivity contribution in [2.24, 2.45) is 0 Å². The van der Waals surface area contributed by atoms with E-state index in [1.54, 1.807) is 24.5 Å². The van der Waals surface area contributed by atoms with Gasteiger partial charge in [0.1, 0.15) is 28.6 Å². The van der Waals surface area contributed by atoms with E-state index in [9.17, 15) is 25.0 Å². The molecular formula is C22H18N4O8. The molecule has 3 heterocycles. The van der Waals surface area contributed by atoms with Crippen LogP contribution < -0.4 is 14.8 Å². The Bertz CT molecular complexity index is 1300. The number of nitrogens with zero attached hydrogens (tertiary/aromatic N) is 3. The zero-order chi connectivity index (χ0) is 24.2. The Balaban J connectivity index is 1.49. The number of hydrogen-bond acceptors (Lipinski definition) is 9. The number of aryl methyl sites for hydroxylation is 1. The molecule has 1 N–H and O–H groups in total. The summed E-state index contributed by atoms with van der Waals surface area (Å²) in [6, 6.07) is 7.82. The number of nitrogens with one attached hydrogen (secondary N) is 1. The highest BCUT2D eigenvalue weighted by atomic mass is 16.6. The van der Waals surface area contributed by atoms with E-state index in [-0.39, 0.29) is 40.0 Å². The Morgan fingerprint density at radius 3 is 2.56 bits per heavy atom. The minimum absolute atomic E-state index is 0.0438. The molecule has 1 aliphatic heterocycles. The van der Waals surface area contributed by atoms with E-state index in [4.69, 9.17) is 18.6 Å². The standard InChI is InChI=1S/C22H18N4O8/c1-13-20(14(11-23)21(34-13)25-5-2-3-6-25)22(28)33-12-19(27)24-15-9-17-18(10-16(15)26(29)30)32-8-4-7-31-17/h2-3,5-6,9-10H,4,7-8,12H2,1H3,(H,24,27). The van der Waals surface area contributed by atoms with Gasteiger partial charge in [-0.25, -0.2) is 4.79 Å². The summed E-state index contributed by atoms with van der Waals surface area (Å²) in [5.74, 6) is -1.03. The molecule has 0 spiro atoms. The van der Waals surface area contributed by atoms with Crippen LogP contribution in [0.4, 0.5) is 11.4 Å². The van der Waals surface area contributed by atoms with Gasteiger partial charge in [0.05, 0.1) is 24.2 Å². The molecule has 0 aliphatic carbocycles. The molecule has 3 aromatic rings. The second-order valence-electron chi connectivity index (χ2n) is 7.16. The van der Waals surface area contributed by atoms with Gasteiger partial charge in [0.15, 0.2) is 18.1 Å². The van der Waals surface area contributed by atoms with Crippen molar-refractivity contribution in [3.05, 3.63) is 63.7 Å². The molecule has 0 radical (unpaired) electrons. The summed E-state index contributed by atoms with van der Waals surface area (Å²) in [5.41, 5.74) is -0.696. The molecule has 0 fully saturated rings. The van der Waals surface area contributed by atoms with Crippen molar-refractivity contribution < 1.29 is 33.1 Å². The molecule has 0 saturated carbocycles. The predicted molar refractivity (Wildman–Crippen MR) is 115 cm³/mol. The number of carbonyl (C=O) groups is 2. The van der Waals surface area contributed by atoms with Crippen LogP contribution in [0.15, 0.2) is 41.1 Å². The van der Waals surface area contributed by atoms with E-state index in [0.717, 1.165) is 0 Å². The number of fused-ring (bicyclic) bond motifs is 1. The summed E-state index contributed by atoms with van der Waals surface area (Å²) in [4.78, 5) is 35.8. The number of nitro benzene ring substituents is 1. The molecule has 34 heavy (non-hydrogen) atoms. The first kappa shape index (κ1) is 22.4. The van der Waals surface area contributed by atoms with E-state index in [1.165, 1.54) is 23.6 Å². The third-order valence-electron chi connectivity index (χ3n) is 4.89. The number of furan rings is 1. The molecule has 12 nitrogen and oxygen atoms in total. The van der Waals surface area contributed by atoms with Crippen molar-refractivity contribution in [3.8, 4) is 23.5 Å². The van der Waals surface area contributed by atoms with E-state index in [2.05, 4.69) is 5.32 Å². The van der Waals surface area contributed by atoms with Gasteiger partial charge in [-0.3, -0.25) is 19.5 Å². The summed E-state index contributed by atoms with van der Waals surface area (Å²) >= 11 is 0. The number of hydrogen-bond donors (Lipinski definition) is 1. The second-order valence-corrected chi connectivity index (χ2v) is 7.16. The van der Waals surface area contributed by atoms with Crippen molar-refractivity contribution in [3.63, 3.8) is 0 Å². The molecule has 1 amide bonds. The smallest absolute Gasteiger partial charge is 0.343 e. The topological polar surface area (TPSA) is 159 Å². The summed E-state index contributed by atoms with van der Waals surface area (Å²) in [7, 11) is 0. The molecule has 2 aromatic heterocycles. The van der Waals surface area contributed by atoms with Crippen LogP contribution in [0.2, 0.25) is 0 Å². The molecule has 0 bridgehead atoms. The average Bonchev–Trinajstić information content (AvgIpc) is 3.39. The summed E-state index contributed by atoms with van der Waals surface area (Å²) in [6.45, 7) is 1.44. The van der Waals surface area contributed by atoms with E-state index in [0.29, 0.717) is 19.6 Å². The minimum atomic E-state index is -0.945. The van der Waals surface area contributed by atoms with Gasteiger partial charge in [-0.2, -0.15) is 5.26 Å².